The van der Waals surface area contributed by atoms with Crippen LogP contribution in [-0.2, 0) is 6.54 Å². The summed E-state index contributed by atoms with van der Waals surface area (Å²) in [4.78, 5) is 2.16. The Morgan fingerprint density at radius 2 is 1.89 bits per heavy atom. The molecular formula is C15H19NO2. The molecule has 1 aromatic heterocycles. The van der Waals surface area contributed by atoms with Gasteiger partial charge in [0.15, 0.2) is 0 Å². The molecule has 0 aliphatic rings. The van der Waals surface area contributed by atoms with Gasteiger partial charge in [0.2, 0.25) is 0 Å². The number of aliphatic hydroxyl groups is 1. The maximum atomic E-state index is 9.47. The molecule has 0 unspecified atom stereocenters. The molecule has 0 fully saturated rings. The SMILES string of the molecule is Cc1occc1CN(C)c1ccc([C@@H](C)O)cc1. The molecule has 1 atom stereocenters. The summed E-state index contributed by atoms with van der Waals surface area (Å²) in [6, 6.07) is 9.96. The lowest BCUT2D eigenvalue weighted by atomic mass is 10.1. The van der Waals surface area contributed by atoms with Crippen LogP contribution in [-0.4, -0.2) is 12.2 Å². The van der Waals surface area contributed by atoms with Crippen molar-refractivity contribution >= 4 is 5.69 Å². The number of benzene rings is 1. The van der Waals surface area contributed by atoms with Crippen LogP contribution in [0.1, 0.15) is 29.9 Å². The van der Waals surface area contributed by atoms with Crippen molar-refractivity contribution in [3.8, 4) is 0 Å². The Kier molecular flexibility index (Phi) is 3.72. The van der Waals surface area contributed by atoms with Crippen molar-refractivity contribution in [2.75, 3.05) is 11.9 Å². The molecule has 1 aromatic carbocycles. The maximum Gasteiger partial charge on any atom is 0.105 e. The fraction of sp³-hybridized carbons (Fsp3) is 0.333. The summed E-state index contributed by atoms with van der Waals surface area (Å²) >= 11 is 0. The lowest BCUT2D eigenvalue weighted by Gasteiger charge is -2.19. The number of hydrogen-bond donors (Lipinski definition) is 1. The Morgan fingerprint density at radius 1 is 1.22 bits per heavy atom. The molecule has 0 aliphatic carbocycles. The van der Waals surface area contributed by atoms with E-state index in [9.17, 15) is 5.11 Å². The Morgan fingerprint density at radius 3 is 2.39 bits per heavy atom. The van der Waals surface area contributed by atoms with Crippen molar-refractivity contribution in [2.24, 2.45) is 0 Å². The number of furan rings is 1. The van der Waals surface area contributed by atoms with Crippen LogP contribution in [0.15, 0.2) is 41.0 Å². The van der Waals surface area contributed by atoms with E-state index >= 15 is 0 Å². The Bertz CT molecular complexity index is 499. The Labute approximate surface area is 108 Å². The van der Waals surface area contributed by atoms with Crippen LogP contribution in [0.2, 0.25) is 0 Å². The van der Waals surface area contributed by atoms with Crippen molar-refractivity contribution in [2.45, 2.75) is 26.5 Å². The van der Waals surface area contributed by atoms with Crippen molar-refractivity contribution < 1.29 is 9.52 Å². The van der Waals surface area contributed by atoms with E-state index in [0.717, 1.165) is 23.6 Å². The van der Waals surface area contributed by atoms with Gasteiger partial charge in [-0.2, -0.15) is 0 Å². The third-order valence-corrected chi connectivity index (χ3v) is 3.19. The van der Waals surface area contributed by atoms with Crippen LogP contribution in [0.3, 0.4) is 0 Å². The average Bonchev–Trinajstić information content (AvgIpc) is 2.75. The summed E-state index contributed by atoms with van der Waals surface area (Å²) < 4.78 is 5.29. The zero-order valence-electron chi connectivity index (χ0n) is 11.1. The molecular weight excluding hydrogens is 226 g/mol. The summed E-state index contributed by atoms with van der Waals surface area (Å²) in [5.41, 5.74) is 3.25. The standard InChI is InChI=1S/C15H19NO2/c1-11(17)13-4-6-15(7-5-13)16(3)10-14-8-9-18-12(14)2/h4-9,11,17H,10H2,1-3H3/t11-/m1/s1. The highest BCUT2D eigenvalue weighted by Gasteiger charge is 2.07. The molecule has 0 bridgehead atoms. The third-order valence-electron chi connectivity index (χ3n) is 3.19. The maximum absolute atomic E-state index is 9.47. The van der Waals surface area contributed by atoms with E-state index in [1.807, 2.05) is 44.3 Å². The van der Waals surface area contributed by atoms with E-state index < -0.39 is 6.10 Å². The molecule has 0 radical (unpaired) electrons. The summed E-state index contributed by atoms with van der Waals surface area (Å²) in [6.07, 6.45) is 1.30. The second-order valence-electron chi connectivity index (χ2n) is 4.63. The number of aryl methyl sites for hydroxylation is 1. The number of hydrogen-bond acceptors (Lipinski definition) is 3. The van der Waals surface area contributed by atoms with Crippen molar-refractivity contribution in [1.82, 2.24) is 0 Å². The Balaban J connectivity index is 2.09. The van der Waals surface area contributed by atoms with Crippen LogP contribution < -0.4 is 4.90 Å². The van der Waals surface area contributed by atoms with Crippen molar-refractivity contribution in [3.05, 3.63) is 53.5 Å². The number of rotatable bonds is 4. The van der Waals surface area contributed by atoms with E-state index in [1.54, 1.807) is 13.2 Å². The molecule has 18 heavy (non-hydrogen) atoms. The van der Waals surface area contributed by atoms with Gasteiger partial charge in [0.25, 0.3) is 0 Å². The molecule has 3 nitrogen and oxygen atoms in total. The molecule has 1 heterocycles. The van der Waals surface area contributed by atoms with Gasteiger partial charge < -0.3 is 14.4 Å². The van der Waals surface area contributed by atoms with E-state index in [-0.39, 0.29) is 0 Å². The topological polar surface area (TPSA) is 36.6 Å². The highest BCUT2D eigenvalue weighted by atomic mass is 16.3. The molecule has 1 N–H and O–H groups in total. The molecule has 2 rings (SSSR count). The smallest absolute Gasteiger partial charge is 0.105 e. The minimum Gasteiger partial charge on any atom is -0.469 e. The number of nitrogens with zero attached hydrogens (tertiary/aromatic N) is 1. The van der Waals surface area contributed by atoms with Gasteiger partial charge in [-0.25, -0.2) is 0 Å². The summed E-state index contributed by atoms with van der Waals surface area (Å²) in [6.45, 7) is 4.56. The second-order valence-corrected chi connectivity index (χ2v) is 4.63. The lowest BCUT2D eigenvalue weighted by Crippen LogP contribution is -2.16. The molecule has 0 saturated heterocycles. The van der Waals surface area contributed by atoms with Gasteiger partial charge in [0.1, 0.15) is 5.76 Å². The van der Waals surface area contributed by atoms with Crippen LogP contribution in [0.4, 0.5) is 5.69 Å². The van der Waals surface area contributed by atoms with Gasteiger partial charge in [-0.1, -0.05) is 12.1 Å². The molecule has 3 heteroatoms. The van der Waals surface area contributed by atoms with Crippen molar-refractivity contribution in [1.29, 1.82) is 0 Å². The van der Waals surface area contributed by atoms with E-state index in [4.69, 9.17) is 4.42 Å². The third kappa shape index (κ3) is 2.74. The van der Waals surface area contributed by atoms with Gasteiger partial charge in [0, 0.05) is 24.8 Å². The first-order valence-corrected chi connectivity index (χ1v) is 6.10. The quantitative estimate of drug-likeness (QED) is 0.898. The second kappa shape index (κ2) is 5.27. The molecule has 0 amide bonds. The highest BCUT2D eigenvalue weighted by Crippen LogP contribution is 2.20. The zero-order valence-corrected chi connectivity index (χ0v) is 11.1. The van der Waals surface area contributed by atoms with E-state index in [2.05, 4.69) is 4.90 Å². The first kappa shape index (κ1) is 12.7. The molecule has 0 aliphatic heterocycles. The minimum absolute atomic E-state index is 0.416. The molecule has 96 valence electrons. The van der Waals surface area contributed by atoms with Crippen LogP contribution in [0.5, 0.6) is 0 Å². The summed E-state index contributed by atoms with van der Waals surface area (Å²) in [7, 11) is 2.05. The number of aliphatic hydroxyl groups excluding tert-OH is 1. The van der Waals surface area contributed by atoms with E-state index in [0.29, 0.717) is 0 Å². The fourth-order valence-electron chi connectivity index (χ4n) is 1.93. The van der Waals surface area contributed by atoms with E-state index in [1.165, 1.54) is 5.56 Å². The number of anilines is 1. The van der Waals surface area contributed by atoms with Crippen LogP contribution >= 0.6 is 0 Å². The Hall–Kier alpha value is -1.74. The van der Waals surface area contributed by atoms with Gasteiger partial charge in [-0.15, -0.1) is 0 Å². The molecule has 0 saturated carbocycles. The summed E-state index contributed by atoms with van der Waals surface area (Å²) in [5, 5.41) is 9.47. The van der Waals surface area contributed by atoms with Gasteiger partial charge in [-0.3, -0.25) is 0 Å². The summed E-state index contributed by atoms with van der Waals surface area (Å²) in [5.74, 6) is 0.961. The first-order valence-electron chi connectivity index (χ1n) is 6.10. The normalized spacial score (nSPS) is 12.4. The average molecular weight is 245 g/mol. The largest absolute Gasteiger partial charge is 0.469 e. The van der Waals surface area contributed by atoms with Crippen molar-refractivity contribution in [3.63, 3.8) is 0 Å². The van der Waals surface area contributed by atoms with Gasteiger partial charge in [0.05, 0.1) is 12.4 Å². The minimum atomic E-state index is -0.416. The fourth-order valence-corrected chi connectivity index (χ4v) is 1.93. The highest BCUT2D eigenvalue weighted by molar-refractivity contribution is 5.47. The van der Waals surface area contributed by atoms with Crippen LogP contribution in [0.25, 0.3) is 0 Å². The van der Waals surface area contributed by atoms with Gasteiger partial charge in [-0.05, 0) is 37.6 Å². The van der Waals surface area contributed by atoms with Gasteiger partial charge >= 0.3 is 0 Å². The lowest BCUT2D eigenvalue weighted by molar-refractivity contribution is 0.199. The first-order chi connectivity index (χ1) is 8.58. The monoisotopic (exact) mass is 245 g/mol. The predicted molar refractivity (Wildman–Crippen MR) is 72.6 cm³/mol. The van der Waals surface area contributed by atoms with Crippen LogP contribution in [0, 0.1) is 6.92 Å². The molecule has 0 spiro atoms. The zero-order chi connectivity index (χ0) is 13.1. The molecule has 2 aromatic rings. The predicted octanol–water partition coefficient (Wildman–Crippen LogP) is 3.28.